The van der Waals surface area contributed by atoms with Crippen LogP contribution >= 0.6 is 0 Å². The summed E-state index contributed by atoms with van der Waals surface area (Å²) in [6.45, 7) is 6.80. The maximum absolute atomic E-state index is 12.9. The van der Waals surface area contributed by atoms with Crippen molar-refractivity contribution in [3.8, 4) is 5.75 Å². The number of hydrogen-bond acceptors (Lipinski definition) is 3. The molecule has 0 radical (unpaired) electrons. The van der Waals surface area contributed by atoms with Crippen molar-refractivity contribution < 1.29 is 14.3 Å². The standard InChI is InChI=1S/C24H32N2O3/c1-4-6-16-25-24(28)19(3)26(17-21-10-8-7-9-11-21)23(27)18-29-22-14-12-20(5-2)13-15-22/h7-15,19H,4-6,16-18H2,1-3H3,(H,25,28)/t19-/m0/s1. The van der Waals surface area contributed by atoms with Crippen LogP contribution in [0.4, 0.5) is 0 Å². The van der Waals surface area contributed by atoms with E-state index in [4.69, 9.17) is 4.74 Å². The van der Waals surface area contributed by atoms with Gasteiger partial charge in [-0.25, -0.2) is 0 Å². The summed E-state index contributed by atoms with van der Waals surface area (Å²) in [5, 5.41) is 2.92. The van der Waals surface area contributed by atoms with Gasteiger partial charge in [0.2, 0.25) is 5.91 Å². The van der Waals surface area contributed by atoms with Gasteiger partial charge >= 0.3 is 0 Å². The van der Waals surface area contributed by atoms with Crippen molar-refractivity contribution in [1.82, 2.24) is 10.2 Å². The molecule has 0 bridgehead atoms. The number of rotatable bonds is 11. The summed E-state index contributed by atoms with van der Waals surface area (Å²) < 4.78 is 5.69. The van der Waals surface area contributed by atoms with Gasteiger partial charge in [-0.2, -0.15) is 0 Å². The van der Waals surface area contributed by atoms with Gasteiger partial charge in [0.1, 0.15) is 11.8 Å². The van der Waals surface area contributed by atoms with E-state index >= 15 is 0 Å². The number of nitrogens with one attached hydrogen (secondary N) is 1. The van der Waals surface area contributed by atoms with Crippen LogP contribution in [0.5, 0.6) is 5.75 Å². The third kappa shape index (κ3) is 7.26. The van der Waals surface area contributed by atoms with Crippen molar-refractivity contribution in [2.75, 3.05) is 13.2 Å². The summed E-state index contributed by atoms with van der Waals surface area (Å²) in [4.78, 5) is 27.1. The van der Waals surface area contributed by atoms with E-state index in [0.29, 0.717) is 18.8 Å². The highest BCUT2D eigenvalue weighted by atomic mass is 16.5. The zero-order valence-corrected chi connectivity index (χ0v) is 17.7. The molecule has 0 saturated heterocycles. The van der Waals surface area contributed by atoms with Crippen LogP contribution < -0.4 is 10.1 Å². The average Bonchev–Trinajstić information content (AvgIpc) is 2.76. The SMILES string of the molecule is CCCCNC(=O)[C@H](C)N(Cc1ccccc1)C(=O)COc1ccc(CC)cc1. The average molecular weight is 397 g/mol. The quantitative estimate of drug-likeness (QED) is 0.585. The molecule has 5 nitrogen and oxygen atoms in total. The Balaban J connectivity index is 2.05. The smallest absolute Gasteiger partial charge is 0.261 e. The van der Waals surface area contributed by atoms with E-state index in [-0.39, 0.29) is 18.4 Å². The number of aryl methyl sites for hydroxylation is 1. The molecule has 0 unspecified atom stereocenters. The summed E-state index contributed by atoms with van der Waals surface area (Å²) in [6.07, 6.45) is 2.88. The minimum atomic E-state index is -0.578. The third-order valence-electron chi connectivity index (χ3n) is 4.89. The minimum absolute atomic E-state index is 0.106. The Labute approximate surface area is 174 Å². The molecule has 2 aromatic carbocycles. The number of unbranched alkanes of at least 4 members (excludes halogenated alkanes) is 1. The molecule has 1 N–H and O–H groups in total. The van der Waals surface area contributed by atoms with E-state index < -0.39 is 6.04 Å². The van der Waals surface area contributed by atoms with Gasteiger partial charge in [-0.1, -0.05) is 62.7 Å². The Hall–Kier alpha value is -2.82. The number of carbonyl (C=O) groups excluding carboxylic acids is 2. The zero-order valence-electron chi connectivity index (χ0n) is 17.7. The lowest BCUT2D eigenvalue weighted by atomic mass is 10.1. The lowest BCUT2D eigenvalue weighted by Crippen LogP contribution is -2.49. The van der Waals surface area contributed by atoms with E-state index in [1.54, 1.807) is 11.8 Å². The zero-order chi connectivity index (χ0) is 21.1. The van der Waals surface area contributed by atoms with Crippen LogP contribution in [0.25, 0.3) is 0 Å². The molecule has 156 valence electrons. The first-order valence-corrected chi connectivity index (χ1v) is 10.4. The van der Waals surface area contributed by atoms with Crippen LogP contribution in [-0.4, -0.2) is 35.9 Å². The molecule has 2 amide bonds. The number of benzene rings is 2. The molecule has 0 aliphatic carbocycles. The molecule has 2 aromatic rings. The fraction of sp³-hybridized carbons (Fsp3) is 0.417. The Bertz CT molecular complexity index is 759. The number of carbonyl (C=O) groups is 2. The van der Waals surface area contributed by atoms with Crippen molar-refractivity contribution in [3.05, 3.63) is 65.7 Å². The molecule has 0 saturated carbocycles. The number of ether oxygens (including phenoxy) is 1. The molecular formula is C24H32N2O3. The largest absolute Gasteiger partial charge is 0.484 e. The van der Waals surface area contributed by atoms with Gasteiger partial charge in [-0.3, -0.25) is 9.59 Å². The monoisotopic (exact) mass is 396 g/mol. The highest BCUT2D eigenvalue weighted by Crippen LogP contribution is 2.14. The predicted molar refractivity (Wildman–Crippen MR) is 116 cm³/mol. The highest BCUT2D eigenvalue weighted by molar-refractivity contribution is 5.87. The Morgan fingerprint density at radius 3 is 2.31 bits per heavy atom. The number of amides is 2. The fourth-order valence-electron chi connectivity index (χ4n) is 2.95. The first-order chi connectivity index (χ1) is 14.0. The van der Waals surface area contributed by atoms with Crippen LogP contribution in [0.1, 0.15) is 44.7 Å². The summed E-state index contributed by atoms with van der Waals surface area (Å²) in [6, 6.07) is 16.8. The van der Waals surface area contributed by atoms with E-state index in [1.807, 2.05) is 54.6 Å². The van der Waals surface area contributed by atoms with Gasteiger partial charge in [0.25, 0.3) is 5.91 Å². The molecule has 0 aliphatic heterocycles. The van der Waals surface area contributed by atoms with Crippen LogP contribution in [0, 0.1) is 0 Å². The first-order valence-electron chi connectivity index (χ1n) is 10.4. The first kappa shape index (κ1) is 22.5. The van der Waals surface area contributed by atoms with E-state index in [0.717, 1.165) is 24.8 Å². The summed E-state index contributed by atoms with van der Waals surface area (Å²) >= 11 is 0. The summed E-state index contributed by atoms with van der Waals surface area (Å²) in [5.41, 5.74) is 2.19. The third-order valence-corrected chi connectivity index (χ3v) is 4.89. The number of nitrogens with zero attached hydrogens (tertiary/aromatic N) is 1. The molecule has 2 rings (SSSR count). The van der Waals surface area contributed by atoms with Gasteiger partial charge in [0.15, 0.2) is 6.61 Å². The molecule has 1 atom stereocenters. The second kappa shape index (κ2) is 11.9. The molecule has 0 fully saturated rings. The normalized spacial score (nSPS) is 11.6. The molecule has 29 heavy (non-hydrogen) atoms. The van der Waals surface area contributed by atoms with Crippen molar-refractivity contribution in [2.45, 2.75) is 52.6 Å². The predicted octanol–water partition coefficient (Wildman–Crippen LogP) is 3.96. The molecule has 5 heteroatoms. The van der Waals surface area contributed by atoms with Crippen molar-refractivity contribution in [1.29, 1.82) is 0 Å². The highest BCUT2D eigenvalue weighted by Gasteiger charge is 2.26. The van der Waals surface area contributed by atoms with Crippen molar-refractivity contribution in [3.63, 3.8) is 0 Å². The lowest BCUT2D eigenvalue weighted by Gasteiger charge is -2.28. The molecule has 0 spiro atoms. The van der Waals surface area contributed by atoms with Crippen LogP contribution in [0.2, 0.25) is 0 Å². The topological polar surface area (TPSA) is 58.6 Å². The van der Waals surface area contributed by atoms with E-state index in [9.17, 15) is 9.59 Å². The summed E-state index contributed by atoms with van der Waals surface area (Å²) in [7, 11) is 0. The molecule has 0 aliphatic rings. The maximum Gasteiger partial charge on any atom is 0.261 e. The Morgan fingerprint density at radius 1 is 1.00 bits per heavy atom. The van der Waals surface area contributed by atoms with Gasteiger partial charge < -0.3 is 15.0 Å². The lowest BCUT2D eigenvalue weighted by molar-refractivity contribution is -0.142. The van der Waals surface area contributed by atoms with Crippen LogP contribution in [0.15, 0.2) is 54.6 Å². The van der Waals surface area contributed by atoms with E-state index in [2.05, 4.69) is 19.2 Å². The second-order valence-corrected chi connectivity index (χ2v) is 7.11. The van der Waals surface area contributed by atoms with Gasteiger partial charge in [-0.15, -0.1) is 0 Å². The summed E-state index contributed by atoms with van der Waals surface area (Å²) in [5.74, 6) is 0.289. The van der Waals surface area contributed by atoms with Gasteiger partial charge in [-0.05, 0) is 43.0 Å². The van der Waals surface area contributed by atoms with Gasteiger partial charge in [0, 0.05) is 13.1 Å². The molecule has 0 aromatic heterocycles. The van der Waals surface area contributed by atoms with Crippen LogP contribution in [0.3, 0.4) is 0 Å². The fourth-order valence-corrected chi connectivity index (χ4v) is 2.95. The molecular weight excluding hydrogens is 364 g/mol. The maximum atomic E-state index is 12.9. The van der Waals surface area contributed by atoms with Crippen LogP contribution in [-0.2, 0) is 22.6 Å². The Kier molecular flexibility index (Phi) is 9.22. The van der Waals surface area contributed by atoms with Gasteiger partial charge in [0.05, 0.1) is 0 Å². The van der Waals surface area contributed by atoms with E-state index in [1.165, 1.54) is 5.56 Å². The Morgan fingerprint density at radius 2 is 1.69 bits per heavy atom. The minimum Gasteiger partial charge on any atom is -0.484 e. The van der Waals surface area contributed by atoms with Crippen molar-refractivity contribution in [2.24, 2.45) is 0 Å². The van der Waals surface area contributed by atoms with Crippen molar-refractivity contribution >= 4 is 11.8 Å². The molecule has 0 heterocycles. The number of hydrogen-bond donors (Lipinski definition) is 1. The second-order valence-electron chi connectivity index (χ2n) is 7.11.